The molecule has 0 aromatic carbocycles. The molecule has 114 valence electrons. The van der Waals surface area contributed by atoms with Crippen molar-refractivity contribution in [2.24, 2.45) is 0 Å². The predicted molar refractivity (Wildman–Crippen MR) is 77.0 cm³/mol. The molecule has 2 amide bonds. The Bertz CT molecular complexity index is 379. The number of hydrogen-bond donors (Lipinski definition) is 1. The average Bonchev–Trinajstić information content (AvgIpc) is 2.41. The number of aliphatic carboxylic acids is 1. The number of ether oxygens (including phenoxy) is 1. The van der Waals surface area contributed by atoms with Crippen molar-refractivity contribution in [3.63, 3.8) is 0 Å². The van der Waals surface area contributed by atoms with E-state index in [0.29, 0.717) is 24.9 Å². The van der Waals surface area contributed by atoms with E-state index in [0.717, 1.165) is 12.3 Å². The maximum Gasteiger partial charge on any atom is 0.320 e. The number of urea groups is 1. The van der Waals surface area contributed by atoms with Crippen molar-refractivity contribution in [1.82, 2.24) is 9.80 Å². The van der Waals surface area contributed by atoms with Gasteiger partial charge in [-0.25, -0.2) is 4.79 Å². The van der Waals surface area contributed by atoms with Crippen molar-refractivity contribution in [2.45, 2.75) is 37.7 Å². The molecule has 7 heteroatoms. The zero-order chi connectivity index (χ0) is 14.7. The van der Waals surface area contributed by atoms with Crippen molar-refractivity contribution in [2.75, 3.05) is 32.0 Å². The molecule has 2 aliphatic rings. The third-order valence-electron chi connectivity index (χ3n) is 3.94. The standard InChI is InChI=1S/C13H22N2O4S/c1-9-10(2)20-6-4-15(9)13(18)14-3-5-19-11(8-14)7-12(16)17/h9-11H,3-8H2,1-2H3,(H,16,17). The smallest absolute Gasteiger partial charge is 0.320 e. The van der Waals surface area contributed by atoms with Crippen LogP contribution in [0.2, 0.25) is 0 Å². The number of nitrogens with zero attached hydrogens (tertiary/aromatic N) is 2. The first-order chi connectivity index (χ1) is 9.49. The second-order valence-corrected chi connectivity index (χ2v) is 6.81. The third-order valence-corrected chi connectivity index (χ3v) is 5.28. The van der Waals surface area contributed by atoms with E-state index in [-0.39, 0.29) is 18.5 Å². The molecule has 0 radical (unpaired) electrons. The van der Waals surface area contributed by atoms with Crippen molar-refractivity contribution < 1.29 is 19.4 Å². The van der Waals surface area contributed by atoms with Gasteiger partial charge in [-0.05, 0) is 6.92 Å². The summed E-state index contributed by atoms with van der Waals surface area (Å²) in [5, 5.41) is 9.25. The molecule has 2 aliphatic heterocycles. The fourth-order valence-electron chi connectivity index (χ4n) is 2.60. The maximum atomic E-state index is 12.6. The minimum atomic E-state index is -0.888. The molecule has 0 aromatic heterocycles. The van der Waals surface area contributed by atoms with Gasteiger partial charge in [0.15, 0.2) is 0 Å². The Labute approximate surface area is 123 Å². The second kappa shape index (κ2) is 6.67. The van der Waals surface area contributed by atoms with Crippen LogP contribution < -0.4 is 0 Å². The lowest BCUT2D eigenvalue weighted by Crippen LogP contribution is -2.56. The molecule has 2 heterocycles. The molecule has 0 saturated carbocycles. The highest BCUT2D eigenvalue weighted by molar-refractivity contribution is 8.00. The number of morpholine rings is 1. The Balaban J connectivity index is 1.95. The fourth-order valence-corrected chi connectivity index (χ4v) is 3.70. The van der Waals surface area contributed by atoms with Crippen LogP contribution in [0.3, 0.4) is 0 Å². The number of thioether (sulfide) groups is 1. The number of carbonyl (C=O) groups is 2. The molecule has 2 fully saturated rings. The lowest BCUT2D eigenvalue weighted by molar-refractivity contribution is -0.141. The summed E-state index contributed by atoms with van der Waals surface area (Å²) in [6.45, 7) is 6.30. The number of hydrogen-bond acceptors (Lipinski definition) is 4. The van der Waals surface area contributed by atoms with Crippen molar-refractivity contribution in [3.05, 3.63) is 0 Å². The van der Waals surface area contributed by atoms with Crippen LogP contribution in [0.15, 0.2) is 0 Å². The first-order valence-electron chi connectivity index (χ1n) is 6.99. The van der Waals surface area contributed by atoms with Gasteiger partial charge < -0.3 is 19.6 Å². The maximum absolute atomic E-state index is 12.6. The molecule has 0 bridgehead atoms. The van der Waals surface area contributed by atoms with Crippen LogP contribution in [0.4, 0.5) is 4.79 Å². The van der Waals surface area contributed by atoms with Gasteiger partial charge in [0.1, 0.15) is 0 Å². The summed E-state index contributed by atoms with van der Waals surface area (Å²) in [6, 6.07) is 0.227. The lowest BCUT2D eigenvalue weighted by Gasteiger charge is -2.42. The Morgan fingerprint density at radius 3 is 2.80 bits per heavy atom. The van der Waals surface area contributed by atoms with Gasteiger partial charge >= 0.3 is 12.0 Å². The van der Waals surface area contributed by atoms with Gasteiger partial charge in [-0.3, -0.25) is 4.79 Å². The Morgan fingerprint density at radius 2 is 2.10 bits per heavy atom. The second-order valence-electron chi connectivity index (χ2n) is 5.33. The van der Waals surface area contributed by atoms with Crippen LogP contribution in [-0.4, -0.2) is 76.3 Å². The molecule has 3 unspecified atom stereocenters. The Morgan fingerprint density at radius 1 is 1.35 bits per heavy atom. The molecule has 2 rings (SSSR count). The Hall–Kier alpha value is -0.950. The molecule has 6 nitrogen and oxygen atoms in total. The van der Waals surface area contributed by atoms with Crippen molar-refractivity contribution in [3.8, 4) is 0 Å². The summed E-state index contributed by atoms with van der Waals surface area (Å²) >= 11 is 1.89. The fraction of sp³-hybridized carbons (Fsp3) is 0.846. The van der Waals surface area contributed by atoms with E-state index in [1.165, 1.54) is 0 Å². The van der Waals surface area contributed by atoms with Crippen LogP contribution in [0, 0.1) is 0 Å². The predicted octanol–water partition coefficient (Wildman–Crippen LogP) is 1.11. The lowest BCUT2D eigenvalue weighted by atomic mass is 10.2. The molecule has 3 atom stereocenters. The van der Waals surface area contributed by atoms with E-state index in [1.807, 2.05) is 16.7 Å². The van der Waals surface area contributed by atoms with Gasteiger partial charge in [-0.15, -0.1) is 0 Å². The topological polar surface area (TPSA) is 70.1 Å². The zero-order valence-corrected chi connectivity index (χ0v) is 12.8. The van der Waals surface area contributed by atoms with Gasteiger partial charge in [0.05, 0.1) is 19.1 Å². The molecule has 2 saturated heterocycles. The van der Waals surface area contributed by atoms with Gasteiger partial charge in [0.2, 0.25) is 0 Å². The van der Waals surface area contributed by atoms with Crippen LogP contribution in [0.5, 0.6) is 0 Å². The third kappa shape index (κ3) is 3.58. The molecule has 0 aliphatic carbocycles. The van der Waals surface area contributed by atoms with Crippen LogP contribution in [0.25, 0.3) is 0 Å². The number of carbonyl (C=O) groups excluding carboxylic acids is 1. The van der Waals surface area contributed by atoms with E-state index in [9.17, 15) is 9.59 Å². The molecular formula is C13H22N2O4S. The van der Waals surface area contributed by atoms with Gasteiger partial charge in [0.25, 0.3) is 0 Å². The monoisotopic (exact) mass is 302 g/mol. The largest absolute Gasteiger partial charge is 0.481 e. The summed E-state index contributed by atoms with van der Waals surface area (Å²) in [5.74, 6) is 0.0702. The number of carboxylic acids is 1. The van der Waals surface area contributed by atoms with E-state index >= 15 is 0 Å². The van der Waals surface area contributed by atoms with E-state index in [4.69, 9.17) is 9.84 Å². The molecule has 0 spiro atoms. The zero-order valence-electron chi connectivity index (χ0n) is 11.9. The van der Waals surface area contributed by atoms with Gasteiger partial charge in [0, 0.05) is 36.7 Å². The van der Waals surface area contributed by atoms with Crippen molar-refractivity contribution >= 4 is 23.8 Å². The quantitative estimate of drug-likeness (QED) is 0.827. The van der Waals surface area contributed by atoms with Crippen molar-refractivity contribution in [1.29, 1.82) is 0 Å². The minimum absolute atomic E-state index is 0.0170. The summed E-state index contributed by atoms with van der Waals surface area (Å²) in [4.78, 5) is 27.0. The highest BCUT2D eigenvalue weighted by atomic mass is 32.2. The van der Waals surface area contributed by atoms with E-state index in [2.05, 4.69) is 13.8 Å². The SMILES string of the molecule is CC1SCCN(C(=O)N2CCOC(CC(=O)O)C2)C1C. The normalized spacial score (nSPS) is 31.2. The van der Waals surface area contributed by atoms with Crippen LogP contribution in [0.1, 0.15) is 20.3 Å². The molecule has 0 aromatic rings. The molecule has 20 heavy (non-hydrogen) atoms. The van der Waals surface area contributed by atoms with E-state index < -0.39 is 12.1 Å². The molecule has 1 N–H and O–H groups in total. The number of carboxylic acid groups (broad SMARTS) is 1. The highest BCUT2D eigenvalue weighted by Crippen LogP contribution is 2.25. The minimum Gasteiger partial charge on any atom is -0.481 e. The highest BCUT2D eigenvalue weighted by Gasteiger charge is 2.34. The summed E-state index contributed by atoms with van der Waals surface area (Å²) in [5.41, 5.74) is 0. The number of amides is 2. The summed E-state index contributed by atoms with van der Waals surface area (Å²) in [7, 11) is 0. The van der Waals surface area contributed by atoms with Crippen LogP contribution >= 0.6 is 11.8 Å². The Kier molecular flexibility index (Phi) is 5.15. The first kappa shape index (κ1) is 15.4. The van der Waals surface area contributed by atoms with Crippen LogP contribution in [-0.2, 0) is 9.53 Å². The number of rotatable bonds is 2. The summed E-state index contributed by atoms with van der Waals surface area (Å²) < 4.78 is 5.41. The van der Waals surface area contributed by atoms with E-state index in [1.54, 1.807) is 4.90 Å². The molecular weight excluding hydrogens is 280 g/mol. The first-order valence-corrected chi connectivity index (χ1v) is 8.04. The van der Waals surface area contributed by atoms with Gasteiger partial charge in [-0.2, -0.15) is 11.8 Å². The average molecular weight is 302 g/mol. The summed E-state index contributed by atoms with van der Waals surface area (Å²) in [6.07, 6.45) is -0.442. The van der Waals surface area contributed by atoms with Gasteiger partial charge in [-0.1, -0.05) is 6.92 Å².